The van der Waals surface area contributed by atoms with E-state index in [9.17, 15) is 18.0 Å². The number of nitrogens with zero attached hydrogens (tertiary/aromatic N) is 2. The average Bonchev–Trinajstić information content (AvgIpc) is 2.87. The van der Waals surface area contributed by atoms with Crippen molar-refractivity contribution >= 4 is 27.5 Å². The average molecular weight is 508 g/mol. The number of carbonyl (C=O) groups is 2. The van der Waals surface area contributed by atoms with E-state index in [-0.39, 0.29) is 17.3 Å². The molecule has 0 saturated heterocycles. The van der Waals surface area contributed by atoms with Crippen molar-refractivity contribution < 1.29 is 18.0 Å². The van der Waals surface area contributed by atoms with Gasteiger partial charge in [0.05, 0.1) is 10.6 Å². The van der Waals surface area contributed by atoms with E-state index in [1.165, 1.54) is 17.0 Å². The first-order valence-corrected chi connectivity index (χ1v) is 13.3. The standard InChI is InChI=1S/C28H33N3O4S/c1-5-29-28(33)23(4)30(19-24-12-10-9-11-22(24)3)27(32)20-31(25-17-15-21(2)16-18-25)36(34,35)26-13-7-6-8-14-26/h6-18,23H,5,19-20H2,1-4H3,(H,29,33). The molecular formula is C28H33N3O4S. The van der Waals surface area contributed by atoms with E-state index < -0.39 is 28.5 Å². The van der Waals surface area contributed by atoms with Crippen LogP contribution in [0.15, 0.2) is 83.8 Å². The molecule has 0 saturated carbocycles. The summed E-state index contributed by atoms with van der Waals surface area (Å²) in [5.74, 6) is -0.774. The normalized spacial score (nSPS) is 12.0. The van der Waals surface area contributed by atoms with Gasteiger partial charge in [-0.2, -0.15) is 0 Å². The van der Waals surface area contributed by atoms with E-state index in [0.29, 0.717) is 12.2 Å². The van der Waals surface area contributed by atoms with Gasteiger partial charge in [-0.1, -0.05) is 60.2 Å². The largest absolute Gasteiger partial charge is 0.355 e. The zero-order valence-corrected chi connectivity index (χ0v) is 22.0. The Morgan fingerprint density at radius 2 is 1.50 bits per heavy atom. The second-order valence-electron chi connectivity index (χ2n) is 8.68. The second-order valence-corrected chi connectivity index (χ2v) is 10.5. The Bertz CT molecular complexity index is 1290. The van der Waals surface area contributed by atoms with Gasteiger partial charge in [-0.3, -0.25) is 13.9 Å². The van der Waals surface area contributed by atoms with Crippen molar-refractivity contribution in [3.63, 3.8) is 0 Å². The molecule has 0 bridgehead atoms. The first-order chi connectivity index (χ1) is 17.1. The van der Waals surface area contributed by atoms with Gasteiger partial charge in [-0.15, -0.1) is 0 Å². The first-order valence-electron chi connectivity index (χ1n) is 11.9. The summed E-state index contributed by atoms with van der Waals surface area (Å²) in [6, 6.07) is 21.8. The number of nitrogens with one attached hydrogen (secondary N) is 1. The zero-order valence-electron chi connectivity index (χ0n) is 21.1. The molecule has 190 valence electrons. The van der Waals surface area contributed by atoms with E-state index in [4.69, 9.17) is 0 Å². The maximum absolute atomic E-state index is 13.8. The highest BCUT2D eigenvalue weighted by Crippen LogP contribution is 2.25. The third kappa shape index (κ3) is 6.31. The Hall–Kier alpha value is -3.65. The molecule has 1 unspecified atom stereocenters. The van der Waals surface area contributed by atoms with Gasteiger partial charge in [-0.05, 0) is 63.1 Å². The molecule has 0 aromatic heterocycles. The summed E-state index contributed by atoms with van der Waals surface area (Å²) in [4.78, 5) is 28.0. The molecule has 0 fully saturated rings. The van der Waals surface area contributed by atoms with Crippen LogP contribution < -0.4 is 9.62 Å². The number of aryl methyl sites for hydroxylation is 2. The monoisotopic (exact) mass is 507 g/mol. The van der Waals surface area contributed by atoms with Gasteiger partial charge in [0.15, 0.2) is 0 Å². The van der Waals surface area contributed by atoms with Crippen LogP contribution in [0.4, 0.5) is 5.69 Å². The van der Waals surface area contributed by atoms with E-state index in [1.807, 2.05) is 45.0 Å². The minimum atomic E-state index is -4.05. The Morgan fingerprint density at radius 1 is 0.889 bits per heavy atom. The first kappa shape index (κ1) is 26.9. The smallest absolute Gasteiger partial charge is 0.264 e. The van der Waals surface area contributed by atoms with Gasteiger partial charge in [0.25, 0.3) is 10.0 Å². The molecule has 0 spiro atoms. The molecule has 1 N–H and O–H groups in total. The molecule has 0 aliphatic rings. The molecule has 8 heteroatoms. The molecule has 0 radical (unpaired) electrons. The van der Waals surface area contributed by atoms with E-state index in [2.05, 4.69) is 5.32 Å². The molecule has 36 heavy (non-hydrogen) atoms. The number of rotatable bonds is 10. The summed E-state index contributed by atoms with van der Waals surface area (Å²) >= 11 is 0. The summed E-state index contributed by atoms with van der Waals surface area (Å²) in [5.41, 5.74) is 3.20. The molecule has 0 heterocycles. The number of sulfonamides is 1. The fourth-order valence-corrected chi connectivity index (χ4v) is 5.27. The molecular weight excluding hydrogens is 474 g/mol. The number of amides is 2. The number of anilines is 1. The van der Waals surface area contributed by atoms with Crippen LogP contribution >= 0.6 is 0 Å². The molecule has 3 aromatic carbocycles. The maximum atomic E-state index is 13.8. The highest BCUT2D eigenvalue weighted by atomic mass is 32.2. The molecule has 3 rings (SSSR count). The van der Waals surface area contributed by atoms with Crippen LogP contribution in [0.25, 0.3) is 0 Å². The van der Waals surface area contributed by atoms with Crippen LogP contribution in [-0.4, -0.2) is 44.3 Å². The van der Waals surface area contributed by atoms with Crippen molar-refractivity contribution in [3.05, 3.63) is 95.6 Å². The quantitative estimate of drug-likeness (QED) is 0.449. The van der Waals surface area contributed by atoms with Crippen molar-refractivity contribution in [1.29, 1.82) is 0 Å². The minimum Gasteiger partial charge on any atom is -0.355 e. The van der Waals surface area contributed by atoms with Gasteiger partial charge in [-0.25, -0.2) is 8.42 Å². The van der Waals surface area contributed by atoms with E-state index in [1.54, 1.807) is 49.4 Å². The summed E-state index contributed by atoms with van der Waals surface area (Å²) < 4.78 is 28.5. The van der Waals surface area contributed by atoms with Crippen molar-refractivity contribution in [2.24, 2.45) is 0 Å². The van der Waals surface area contributed by atoms with E-state index in [0.717, 1.165) is 21.0 Å². The summed E-state index contributed by atoms with van der Waals surface area (Å²) in [5, 5.41) is 2.76. The summed E-state index contributed by atoms with van der Waals surface area (Å²) in [6.07, 6.45) is 0. The third-order valence-electron chi connectivity index (χ3n) is 6.05. The van der Waals surface area contributed by atoms with Crippen molar-refractivity contribution in [1.82, 2.24) is 10.2 Å². The van der Waals surface area contributed by atoms with Crippen LogP contribution in [0, 0.1) is 13.8 Å². The Labute approximate surface area is 213 Å². The molecule has 2 amide bonds. The van der Waals surface area contributed by atoms with E-state index >= 15 is 0 Å². The fraction of sp³-hybridized carbons (Fsp3) is 0.286. The Balaban J connectivity index is 2.02. The maximum Gasteiger partial charge on any atom is 0.264 e. The number of hydrogen-bond donors (Lipinski definition) is 1. The third-order valence-corrected chi connectivity index (χ3v) is 7.84. The molecule has 1 atom stereocenters. The van der Waals surface area contributed by atoms with Gasteiger partial charge >= 0.3 is 0 Å². The van der Waals surface area contributed by atoms with Gasteiger partial charge in [0, 0.05) is 13.1 Å². The number of hydrogen-bond acceptors (Lipinski definition) is 4. The lowest BCUT2D eigenvalue weighted by Crippen LogP contribution is -2.51. The van der Waals surface area contributed by atoms with Crippen LogP contribution in [-0.2, 0) is 26.2 Å². The van der Waals surface area contributed by atoms with Crippen LogP contribution in [0.3, 0.4) is 0 Å². The SMILES string of the molecule is CCNC(=O)C(C)N(Cc1ccccc1C)C(=O)CN(c1ccc(C)cc1)S(=O)(=O)c1ccccc1. The number of carbonyl (C=O) groups excluding carboxylic acids is 2. The van der Waals surface area contributed by atoms with Crippen LogP contribution in [0.5, 0.6) is 0 Å². The van der Waals surface area contributed by atoms with Gasteiger partial charge in [0.1, 0.15) is 12.6 Å². The molecule has 3 aromatic rings. The minimum absolute atomic E-state index is 0.0839. The molecule has 7 nitrogen and oxygen atoms in total. The van der Waals surface area contributed by atoms with Crippen molar-refractivity contribution in [3.8, 4) is 0 Å². The van der Waals surface area contributed by atoms with Crippen LogP contribution in [0.2, 0.25) is 0 Å². The molecule has 0 aliphatic carbocycles. The summed E-state index contributed by atoms with van der Waals surface area (Å²) in [6.45, 7) is 7.46. The van der Waals surface area contributed by atoms with Gasteiger partial charge in [0.2, 0.25) is 11.8 Å². The highest BCUT2D eigenvalue weighted by molar-refractivity contribution is 7.92. The Morgan fingerprint density at radius 3 is 2.11 bits per heavy atom. The van der Waals surface area contributed by atoms with Crippen LogP contribution in [0.1, 0.15) is 30.5 Å². The molecule has 0 aliphatic heterocycles. The lowest BCUT2D eigenvalue weighted by atomic mass is 10.1. The zero-order chi connectivity index (χ0) is 26.3. The van der Waals surface area contributed by atoms with Gasteiger partial charge < -0.3 is 10.2 Å². The highest BCUT2D eigenvalue weighted by Gasteiger charge is 2.32. The predicted octanol–water partition coefficient (Wildman–Crippen LogP) is 4.05. The Kier molecular flexibility index (Phi) is 8.88. The van der Waals surface area contributed by atoms with Crippen molar-refractivity contribution in [2.45, 2.75) is 45.2 Å². The van der Waals surface area contributed by atoms with Crippen molar-refractivity contribution in [2.75, 3.05) is 17.4 Å². The second kappa shape index (κ2) is 11.9. The lowest BCUT2D eigenvalue weighted by molar-refractivity contribution is -0.139. The number of benzene rings is 3. The topological polar surface area (TPSA) is 86.8 Å². The fourth-order valence-electron chi connectivity index (χ4n) is 3.84. The lowest BCUT2D eigenvalue weighted by Gasteiger charge is -2.32. The predicted molar refractivity (Wildman–Crippen MR) is 142 cm³/mol. The number of likely N-dealkylation sites (N-methyl/N-ethyl adjacent to an activating group) is 1. The summed E-state index contributed by atoms with van der Waals surface area (Å²) in [7, 11) is -4.05.